The molecule has 0 amide bonds. The zero-order valence-corrected chi connectivity index (χ0v) is 12.8. The van der Waals surface area contributed by atoms with Crippen LogP contribution in [-0.4, -0.2) is 37.6 Å². The Morgan fingerprint density at radius 3 is 2.84 bits per heavy atom. The highest BCUT2D eigenvalue weighted by molar-refractivity contribution is 5.12. The van der Waals surface area contributed by atoms with E-state index in [1.165, 1.54) is 31.2 Å². The fourth-order valence-electron chi connectivity index (χ4n) is 3.80. The van der Waals surface area contributed by atoms with Gasteiger partial charge in [0, 0.05) is 11.6 Å². The van der Waals surface area contributed by atoms with Crippen molar-refractivity contribution in [3.8, 4) is 0 Å². The first-order valence-corrected chi connectivity index (χ1v) is 7.44. The maximum Gasteiger partial charge on any atom is 0.0935 e. The van der Waals surface area contributed by atoms with Crippen molar-refractivity contribution in [3.05, 3.63) is 24.2 Å². The van der Waals surface area contributed by atoms with Gasteiger partial charge in [0.1, 0.15) is 0 Å². The maximum absolute atomic E-state index is 5.22. The molecule has 1 N–H and O–H groups in total. The number of hydrogen-bond acceptors (Lipinski definition) is 3. The first kappa shape index (κ1) is 14.6. The summed E-state index contributed by atoms with van der Waals surface area (Å²) < 4.78 is 5.22. The molecular weight excluding hydrogens is 236 g/mol. The van der Waals surface area contributed by atoms with Crippen LogP contribution in [0.4, 0.5) is 0 Å². The van der Waals surface area contributed by atoms with Gasteiger partial charge in [-0.3, -0.25) is 0 Å². The molecule has 0 spiro atoms. The topological polar surface area (TPSA) is 28.4 Å². The molecular formula is C16H28N2O. The standard InChI is InChI=1S/C16H28N2O/c1-13-6-5-8-16(11-13,18(3)4)15(17-2)10-14-7-9-19-12-14/h7,9,12-13,15,17H,5-6,8,10-11H2,1-4H3. The van der Waals surface area contributed by atoms with Crippen LogP contribution in [0.3, 0.4) is 0 Å². The minimum Gasteiger partial charge on any atom is -0.472 e. The minimum atomic E-state index is 0.268. The molecule has 3 nitrogen and oxygen atoms in total. The Morgan fingerprint density at radius 2 is 2.32 bits per heavy atom. The highest BCUT2D eigenvalue weighted by Gasteiger charge is 2.42. The van der Waals surface area contributed by atoms with Crippen LogP contribution in [0.15, 0.2) is 23.0 Å². The van der Waals surface area contributed by atoms with E-state index in [1.807, 2.05) is 6.26 Å². The van der Waals surface area contributed by atoms with Crippen LogP contribution in [0, 0.1) is 5.92 Å². The van der Waals surface area contributed by atoms with Gasteiger partial charge in [-0.2, -0.15) is 0 Å². The van der Waals surface area contributed by atoms with Crippen molar-refractivity contribution in [1.29, 1.82) is 0 Å². The highest BCUT2D eigenvalue weighted by Crippen LogP contribution is 2.39. The molecule has 3 atom stereocenters. The van der Waals surface area contributed by atoms with Gasteiger partial charge in [0.05, 0.1) is 12.5 Å². The van der Waals surface area contributed by atoms with Gasteiger partial charge in [0.25, 0.3) is 0 Å². The summed E-state index contributed by atoms with van der Waals surface area (Å²) in [6, 6.07) is 2.56. The molecule has 0 radical (unpaired) electrons. The maximum atomic E-state index is 5.22. The van der Waals surface area contributed by atoms with Gasteiger partial charge >= 0.3 is 0 Å². The molecule has 1 heterocycles. The van der Waals surface area contributed by atoms with Gasteiger partial charge in [0.2, 0.25) is 0 Å². The van der Waals surface area contributed by atoms with E-state index in [4.69, 9.17) is 4.42 Å². The average molecular weight is 264 g/mol. The summed E-state index contributed by atoms with van der Waals surface area (Å²) in [5.41, 5.74) is 1.56. The van der Waals surface area contributed by atoms with Gasteiger partial charge in [-0.25, -0.2) is 0 Å². The van der Waals surface area contributed by atoms with Crippen LogP contribution < -0.4 is 5.32 Å². The molecule has 0 aliphatic heterocycles. The normalized spacial score (nSPS) is 29.6. The van der Waals surface area contributed by atoms with E-state index >= 15 is 0 Å². The first-order valence-electron chi connectivity index (χ1n) is 7.44. The summed E-state index contributed by atoms with van der Waals surface area (Å²) in [7, 11) is 6.56. The Morgan fingerprint density at radius 1 is 1.53 bits per heavy atom. The Labute approximate surface area is 117 Å². The lowest BCUT2D eigenvalue weighted by Crippen LogP contribution is -2.61. The summed E-state index contributed by atoms with van der Waals surface area (Å²) in [4.78, 5) is 2.45. The number of furan rings is 1. The Balaban J connectivity index is 2.20. The van der Waals surface area contributed by atoms with Crippen LogP contribution in [-0.2, 0) is 6.42 Å². The molecule has 108 valence electrons. The van der Waals surface area contributed by atoms with E-state index in [1.54, 1.807) is 6.26 Å². The fourth-order valence-corrected chi connectivity index (χ4v) is 3.80. The minimum absolute atomic E-state index is 0.268. The molecule has 1 aromatic rings. The second-order valence-electron chi connectivity index (χ2n) is 6.38. The lowest BCUT2D eigenvalue weighted by Gasteiger charge is -2.50. The summed E-state index contributed by atoms with van der Waals surface area (Å²) in [6.45, 7) is 2.39. The SMILES string of the molecule is CNC(Cc1ccoc1)C1(N(C)C)CCCC(C)C1. The first-order chi connectivity index (χ1) is 9.08. The third kappa shape index (κ3) is 3.03. The molecule has 19 heavy (non-hydrogen) atoms. The predicted octanol–water partition coefficient (Wildman–Crippen LogP) is 2.92. The predicted molar refractivity (Wildman–Crippen MR) is 79.3 cm³/mol. The van der Waals surface area contributed by atoms with Gasteiger partial charge < -0.3 is 14.6 Å². The van der Waals surface area contributed by atoms with Crippen LogP contribution in [0.5, 0.6) is 0 Å². The van der Waals surface area contributed by atoms with Gasteiger partial charge in [-0.15, -0.1) is 0 Å². The van der Waals surface area contributed by atoms with Crippen LogP contribution in [0.25, 0.3) is 0 Å². The number of rotatable bonds is 5. The smallest absolute Gasteiger partial charge is 0.0935 e. The Bertz CT molecular complexity index is 374. The number of likely N-dealkylation sites (N-methyl/N-ethyl adjacent to an activating group) is 2. The van der Waals surface area contributed by atoms with E-state index in [-0.39, 0.29) is 5.54 Å². The van der Waals surface area contributed by atoms with Crippen molar-refractivity contribution in [3.63, 3.8) is 0 Å². The third-order valence-electron chi connectivity index (χ3n) is 4.92. The molecule has 3 unspecified atom stereocenters. The molecule has 0 bridgehead atoms. The third-order valence-corrected chi connectivity index (χ3v) is 4.92. The van der Waals surface area contributed by atoms with Crippen molar-refractivity contribution in [1.82, 2.24) is 10.2 Å². The van der Waals surface area contributed by atoms with Gasteiger partial charge in [0.15, 0.2) is 0 Å². The van der Waals surface area contributed by atoms with Crippen molar-refractivity contribution in [2.24, 2.45) is 5.92 Å². The summed E-state index contributed by atoms with van der Waals surface area (Å²) in [5, 5.41) is 3.57. The second kappa shape index (κ2) is 6.10. The van der Waals surface area contributed by atoms with E-state index in [0.717, 1.165) is 12.3 Å². The van der Waals surface area contributed by atoms with Crippen molar-refractivity contribution in [2.45, 2.75) is 50.6 Å². The lowest BCUT2D eigenvalue weighted by molar-refractivity contribution is 0.0399. The molecule has 1 aromatic heterocycles. The largest absolute Gasteiger partial charge is 0.472 e. The van der Waals surface area contributed by atoms with Crippen LogP contribution >= 0.6 is 0 Å². The number of hydrogen-bond donors (Lipinski definition) is 1. The summed E-state index contributed by atoms with van der Waals surface area (Å²) >= 11 is 0. The van der Waals surface area contributed by atoms with Crippen LogP contribution in [0.2, 0.25) is 0 Å². The van der Waals surface area contributed by atoms with Crippen molar-refractivity contribution >= 4 is 0 Å². The lowest BCUT2D eigenvalue weighted by atomic mass is 9.70. The molecule has 0 saturated heterocycles. The Kier molecular flexibility index (Phi) is 4.69. The molecule has 1 aliphatic rings. The van der Waals surface area contributed by atoms with E-state index in [2.05, 4.69) is 44.3 Å². The molecule has 1 aliphatic carbocycles. The Hall–Kier alpha value is -0.800. The molecule has 2 rings (SSSR count). The average Bonchev–Trinajstić information content (AvgIpc) is 2.88. The molecule has 1 fully saturated rings. The fraction of sp³-hybridized carbons (Fsp3) is 0.750. The van der Waals surface area contributed by atoms with Crippen LogP contribution in [0.1, 0.15) is 38.2 Å². The van der Waals surface area contributed by atoms with Crippen molar-refractivity contribution in [2.75, 3.05) is 21.1 Å². The summed E-state index contributed by atoms with van der Waals surface area (Å²) in [5.74, 6) is 0.816. The summed E-state index contributed by atoms with van der Waals surface area (Å²) in [6.07, 6.45) is 9.96. The monoisotopic (exact) mass is 264 g/mol. The van der Waals surface area contributed by atoms with E-state index in [9.17, 15) is 0 Å². The van der Waals surface area contributed by atoms with Gasteiger partial charge in [-0.05, 0) is 58.0 Å². The molecule has 3 heteroatoms. The number of nitrogens with zero attached hydrogens (tertiary/aromatic N) is 1. The van der Waals surface area contributed by atoms with Crippen molar-refractivity contribution < 1.29 is 4.42 Å². The zero-order chi connectivity index (χ0) is 13.9. The zero-order valence-electron chi connectivity index (χ0n) is 12.8. The molecule has 1 saturated carbocycles. The number of nitrogens with one attached hydrogen (secondary N) is 1. The van der Waals surface area contributed by atoms with Gasteiger partial charge in [-0.1, -0.05) is 19.8 Å². The van der Waals surface area contributed by atoms with E-state index < -0.39 is 0 Å². The molecule has 0 aromatic carbocycles. The second-order valence-corrected chi connectivity index (χ2v) is 6.38. The van der Waals surface area contributed by atoms with E-state index in [0.29, 0.717) is 6.04 Å². The highest BCUT2D eigenvalue weighted by atomic mass is 16.3. The quantitative estimate of drug-likeness (QED) is 0.886.